The second-order valence-corrected chi connectivity index (χ2v) is 6.00. The lowest BCUT2D eigenvalue weighted by molar-refractivity contribution is 0.0690. The third kappa shape index (κ3) is 3.43. The van der Waals surface area contributed by atoms with Crippen LogP contribution in [0.1, 0.15) is 49.3 Å². The minimum absolute atomic E-state index is 0.0750. The summed E-state index contributed by atoms with van der Waals surface area (Å²) < 4.78 is 0. The minimum Gasteiger partial charge on any atom is -0.477 e. The van der Waals surface area contributed by atoms with Crippen molar-refractivity contribution >= 4 is 11.9 Å². The average molecular weight is 263 g/mol. The monoisotopic (exact) mass is 263 g/mol. The van der Waals surface area contributed by atoms with Crippen molar-refractivity contribution in [2.75, 3.05) is 18.0 Å². The van der Waals surface area contributed by atoms with E-state index in [-0.39, 0.29) is 5.69 Å². The maximum Gasteiger partial charge on any atom is 0.354 e. The second-order valence-electron chi connectivity index (χ2n) is 6.00. The maximum absolute atomic E-state index is 11.1. The molecule has 1 fully saturated rings. The lowest BCUT2D eigenvalue weighted by atomic mass is 9.85. The van der Waals surface area contributed by atoms with Gasteiger partial charge in [0.1, 0.15) is 0 Å². The standard InChI is InChI=1S/C14H21N3O2/c1-10-9-11(12(18)19)16-13(15-10)17-7-4-5-14(2,3)6-8-17/h9H,4-8H2,1-3H3,(H,18,19). The van der Waals surface area contributed by atoms with Gasteiger partial charge in [0.15, 0.2) is 5.69 Å². The van der Waals surface area contributed by atoms with E-state index in [0.717, 1.165) is 25.9 Å². The predicted molar refractivity (Wildman–Crippen MR) is 73.6 cm³/mol. The molecule has 5 nitrogen and oxygen atoms in total. The number of carboxylic acid groups (broad SMARTS) is 1. The first-order chi connectivity index (χ1) is 8.87. The Morgan fingerprint density at radius 2 is 2.05 bits per heavy atom. The highest BCUT2D eigenvalue weighted by molar-refractivity contribution is 5.85. The number of carbonyl (C=O) groups is 1. The van der Waals surface area contributed by atoms with Gasteiger partial charge < -0.3 is 10.0 Å². The highest BCUT2D eigenvalue weighted by Gasteiger charge is 2.24. The van der Waals surface area contributed by atoms with Crippen molar-refractivity contribution in [2.45, 2.75) is 40.0 Å². The van der Waals surface area contributed by atoms with Gasteiger partial charge in [0.2, 0.25) is 5.95 Å². The van der Waals surface area contributed by atoms with E-state index in [4.69, 9.17) is 5.11 Å². The lowest BCUT2D eigenvalue weighted by Gasteiger charge is -2.23. The third-order valence-corrected chi connectivity index (χ3v) is 3.68. The smallest absolute Gasteiger partial charge is 0.354 e. The SMILES string of the molecule is Cc1cc(C(=O)O)nc(N2CCCC(C)(C)CC2)n1. The Bertz CT molecular complexity index is 486. The van der Waals surface area contributed by atoms with Gasteiger partial charge >= 0.3 is 5.97 Å². The number of aromatic carboxylic acids is 1. The number of aromatic nitrogens is 2. The van der Waals surface area contributed by atoms with E-state index in [9.17, 15) is 4.79 Å². The molecule has 0 bridgehead atoms. The van der Waals surface area contributed by atoms with Crippen LogP contribution in [0.4, 0.5) is 5.95 Å². The normalized spacial score (nSPS) is 19.0. The van der Waals surface area contributed by atoms with Crippen LogP contribution >= 0.6 is 0 Å². The molecule has 5 heteroatoms. The van der Waals surface area contributed by atoms with E-state index in [1.807, 2.05) is 0 Å². The number of anilines is 1. The van der Waals surface area contributed by atoms with Crippen molar-refractivity contribution in [3.8, 4) is 0 Å². The van der Waals surface area contributed by atoms with Gasteiger partial charge in [0.05, 0.1) is 0 Å². The van der Waals surface area contributed by atoms with Crippen molar-refractivity contribution in [3.63, 3.8) is 0 Å². The molecule has 0 radical (unpaired) electrons. The van der Waals surface area contributed by atoms with Gasteiger partial charge in [-0.3, -0.25) is 0 Å². The lowest BCUT2D eigenvalue weighted by Crippen LogP contribution is -2.27. The summed E-state index contributed by atoms with van der Waals surface area (Å²) in [7, 11) is 0. The fourth-order valence-electron chi connectivity index (χ4n) is 2.43. The van der Waals surface area contributed by atoms with E-state index in [2.05, 4.69) is 28.7 Å². The Kier molecular flexibility index (Phi) is 3.73. The van der Waals surface area contributed by atoms with Crippen LogP contribution in [-0.2, 0) is 0 Å². The summed E-state index contributed by atoms with van der Waals surface area (Å²) in [6, 6.07) is 1.51. The molecule has 0 saturated carbocycles. The molecule has 0 unspecified atom stereocenters. The predicted octanol–water partition coefficient (Wildman–Crippen LogP) is 2.50. The number of nitrogens with zero attached hydrogens (tertiary/aromatic N) is 3. The molecule has 0 atom stereocenters. The Morgan fingerprint density at radius 3 is 2.74 bits per heavy atom. The van der Waals surface area contributed by atoms with Crippen LogP contribution in [0.3, 0.4) is 0 Å². The van der Waals surface area contributed by atoms with Crippen LogP contribution in [0.15, 0.2) is 6.07 Å². The molecule has 19 heavy (non-hydrogen) atoms. The van der Waals surface area contributed by atoms with Crippen molar-refractivity contribution in [1.29, 1.82) is 0 Å². The van der Waals surface area contributed by atoms with Gasteiger partial charge in [0, 0.05) is 18.8 Å². The van der Waals surface area contributed by atoms with Gasteiger partial charge in [-0.15, -0.1) is 0 Å². The molecule has 0 aromatic carbocycles. The largest absolute Gasteiger partial charge is 0.477 e. The first kappa shape index (κ1) is 13.8. The second kappa shape index (κ2) is 5.15. The molecule has 1 aromatic rings. The number of aryl methyl sites for hydroxylation is 1. The first-order valence-electron chi connectivity index (χ1n) is 6.71. The molecule has 2 rings (SSSR count). The molecule has 0 amide bonds. The Morgan fingerprint density at radius 1 is 1.32 bits per heavy atom. The first-order valence-corrected chi connectivity index (χ1v) is 6.71. The van der Waals surface area contributed by atoms with E-state index in [0.29, 0.717) is 17.1 Å². The van der Waals surface area contributed by atoms with Crippen molar-refractivity contribution in [3.05, 3.63) is 17.5 Å². The molecule has 1 aliphatic heterocycles. The minimum atomic E-state index is -0.998. The Balaban J connectivity index is 2.24. The third-order valence-electron chi connectivity index (χ3n) is 3.68. The highest BCUT2D eigenvalue weighted by Crippen LogP contribution is 2.30. The summed E-state index contributed by atoms with van der Waals surface area (Å²) in [4.78, 5) is 21.7. The zero-order chi connectivity index (χ0) is 14.0. The van der Waals surface area contributed by atoms with Gasteiger partial charge in [-0.1, -0.05) is 13.8 Å². The molecule has 104 valence electrons. The zero-order valence-corrected chi connectivity index (χ0v) is 11.8. The van der Waals surface area contributed by atoms with E-state index >= 15 is 0 Å². The maximum atomic E-state index is 11.1. The molecule has 1 aromatic heterocycles. The quantitative estimate of drug-likeness (QED) is 0.888. The molecular weight excluding hydrogens is 242 g/mol. The van der Waals surface area contributed by atoms with Gasteiger partial charge in [-0.2, -0.15) is 0 Å². The molecule has 1 aliphatic rings. The Hall–Kier alpha value is -1.65. The van der Waals surface area contributed by atoms with Crippen molar-refractivity contribution < 1.29 is 9.90 Å². The van der Waals surface area contributed by atoms with Crippen LogP contribution < -0.4 is 4.90 Å². The number of hydrogen-bond acceptors (Lipinski definition) is 4. The molecule has 1 N–H and O–H groups in total. The summed E-state index contributed by atoms with van der Waals surface area (Å²) in [6.45, 7) is 8.13. The average Bonchev–Trinajstić information content (AvgIpc) is 2.49. The molecule has 0 spiro atoms. The van der Waals surface area contributed by atoms with Crippen LogP contribution in [0, 0.1) is 12.3 Å². The van der Waals surface area contributed by atoms with Crippen LogP contribution in [0.25, 0.3) is 0 Å². The van der Waals surface area contributed by atoms with Crippen LogP contribution in [0.5, 0.6) is 0 Å². The fourth-order valence-corrected chi connectivity index (χ4v) is 2.43. The Labute approximate surface area is 113 Å². The van der Waals surface area contributed by atoms with Crippen LogP contribution in [0.2, 0.25) is 0 Å². The summed E-state index contributed by atoms with van der Waals surface area (Å²) in [5.74, 6) is -0.447. The fraction of sp³-hybridized carbons (Fsp3) is 0.643. The summed E-state index contributed by atoms with van der Waals surface area (Å²) in [5, 5.41) is 9.06. The molecular formula is C14H21N3O2. The van der Waals surface area contributed by atoms with Gasteiger partial charge in [-0.05, 0) is 37.7 Å². The van der Waals surface area contributed by atoms with E-state index < -0.39 is 5.97 Å². The van der Waals surface area contributed by atoms with Crippen molar-refractivity contribution in [1.82, 2.24) is 9.97 Å². The molecule has 2 heterocycles. The van der Waals surface area contributed by atoms with E-state index in [1.165, 1.54) is 12.5 Å². The zero-order valence-electron chi connectivity index (χ0n) is 11.8. The number of rotatable bonds is 2. The molecule has 1 saturated heterocycles. The number of hydrogen-bond donors (Lipinski definition) is 1. The number of carboxylic acids is 1. The van der Waals surface area contributed by atoms with Gasteiger partial charge in [0.25, 0.3) is 0 Å². The van der Waals surface area contributed by atoms with Gasteiger partial charge in [-0.25, -0.2) is 14.8 Å². The highest BCUT2D eigenvalue weighted by atomic mass is 16.4. The van der Waals surface area contributed by atoms with Crippen LogP contribution in [-0.4, -0.2) is 34.1 Å². The van der Waals surface area contributed by atoms with E-state index in [1.54, 1.807) is 6.92 Å². The summed E-state index contributed by atoms with van der Waals surface area (Å²) in [5.41, 5.74) is 1.12. The van der Waals surface area contributed by atoms with Crippen molar-refractivity contribution in [2.24, 2.45) is 5.41 Å². The summed E-state index contributed by atoms with van der Waals surface area (Å²) in [6.07, 6.45) is 3.35. The molecule has 0 aliphatic carbocycles. The topological polar surface area (TPSA) is 66.3 Å². The summed E-state index contributed by atoms with van der Waals surface area (Å²) >= 11 is 0.